The standard InChI is InChI=1S/C22H20N4O2S/c27-20-13-23-15-7-1-3-9-17(15)26(20)14-21(28)25-12-6-5-10-18(25)22-24-16-8-2-4-11-19(16)29-22/h1-4,7-9,11,13,18H,5-6,10,12,14H2/t18-/m0/s1. The zero-order chi connectivity index (χ0) is 19.8. The van der Waals surface area contributed by atoms with Gasteiger partial charge in [-0.2, -0.15) is 0 Å². The van der Waals surface area contributed by atoms with E-state index in [1.807, 2.05) is 47.4 Å². The van der Waals surface area contributed by atoms with Crippen molar-refractivity contribution >= 4 is 38.5 Å². The number of likely N-dealkylation sites (tertiary alicyclic amines) is 1. The van der Waals surface area contributed by atoms with E-state index in [0.29, 0.717) is 17.6 Å². The summed E-state index contributed by atoms with van der Waals surface area (Å²) in [6, 6.07) is 15.4. The number of piperidine rings is 1. The average Bonchev–Trinajstić information content (AvgIpc) is 3.20. The maximum Gasteiger partial charge on any atom is 0.269 e. The molecule has 1 atom stereocenters. The SMILES string of the molecule is O=C(Cn1c(=O)cnc2ccccc21)N1CCCC[C@H]1c1nc2ccccc2s1. The molecular weight excluding hydrogens is 384 g/mol. The lowest BCUT2D eigenvalue weighted by Crippen LogP contribution is -2.41. The zero-order valence-electron chi connectivity index (χ0n) is 15.8. The van der Waals surface area contributed by atoms with Crippen LogP contribution in [0.3, 0.4) is 0 Å². The number of benzene rings is 2. The van der Waals surface area contributed by atoms with Gasteiger partial charge in [-0.15, -0.1) is 11.3 Å². The third-order valence-electron chi connectivity index (χ3n) is 5.46. The summed E-state index contributed by atoms with van der Waals surface area (Å²) in [6.07, 6.45) is 4.23. The molecule has 2 aromatic carbocycles. The Morgan fingerprint density at radius 1 is 1.07 bits per heavy atom. The molecule has 3 heterocycles. The molecule has 4 aromatic rings. The number of thiazole rings is 1. The van der Waals surface area contributed by atoms with Crippen molar-refractivity contribution < 1.29 is 4.79 Å². The van der Waals surface area contributed by atoms with E-state index in [9.17, 15) is 9.59 Å². The van der Waals surface area contributed by atoms with Gasteiger partial charge >= 0.3 is 0 Å². The van der Waals surface area contributed by atoms with Gasteiger partial charge in [-0.05, 0) is 43.5 Å². The molecule has 1 fully saturated rings. The molecule has 0 spiro atoms. The summed E-state index contributed by atoms with van der Waals surface area (Å²) in [6.45, 7) is 0.709. The van der Waals surface area contributed by atoms with Crippen LogP contribution in [0.5, 0.6) is 0 Å². The van der Waals surface area contributed by atoms with Crippen molar-refractivity contribution in [3.05, 3.63) is 70.1 Å². The fourth-order valence-electron chi connectivity index (χ4n) is 4.02. The summed E-state index contributed by atoms with van der Waals surface area (Å²) in [5.74, 6) is -0.0487. The van der Waals surface area contributed by atoms with Gasteiger partial charge < -0.3 is 4.90 Å². The summed E-state index contributed by atoms with van der Waals surface area (Å²) in [5.41, 5.74) is 2.11. The molecule has 29 heavy (non-hydrogen) atoms. The van der Waals surface area contributed by atoms with Gasteiger partial charge in [-0.3, -0.25) is 14.2 Å². The Morgan fingerprint density at radius 2 is 1.86 bits per heavy atom. The Kier molecular flexibility index (Phi) is 4.60. The number of carbonyl (C=O) groups is 1. The van der Waals surface area contributed by atoms with E-state index in [1.54, 1.807) is 11.3 Å². The zero-order valence-corrected chi connectivity index (χ0v) is 16.6. The van der Waals surface area contributed by atoms with E-state index in [4.69, 9.17) is 4.98 Å². The molecule has 146 valence electrons. The minimum absolute atomic E-state index is 0.0171. The van der Waals surface area contributed by atoms with Crippen LogP contribution in [-0.2, 0) is 11.3 Å². The number of hydrogen-bond acceptors (Lipinski definition) is 5. The Balaban J connectivity index is 1.48. The molecule has 0 aliphatic carbocycles. The lowest BCUT2D eigenvalue weighted by molar-refractivity contribution is -0.135. The second-order valence-corrected chi connectivity index (χ2v) is 8.35. The molecule has 1 saturated heterocycles. The van der Waals surface area contributed by atoms with E-state index in [0.717, 1.165) is 34.5 Å². The maximum absolute atomic E-state index is 13.3. The lowest BCUT2D eigenvalue weighted by Gasteiger charge is -2.34. The van der Waals surface area contributed by atoms with E-state index >= 15 is 0 Å². The molecule has 0 radical (unpaired) electrons. The Hall–Kier alpha value is -3.06. The van der Waals surface area contributed by atoms with E-state index in [1.165, 1.54) is 10.8 Å². The largest absolute Gasteiger partial charge is 0.332 e. The summed E-state index contributed by atoms with van der Waals surface area (Å²) in [4.78, 5) is 36.6. The summed E-state index contributed by atoms with van der Waals surface area (Å²) in [7, 11) is 0. The van der Waals surface area contributed by atoms with Crippen LogP contribution in [0.4, 0.5) is 0 Å². The number of para-hydroxylation sites is 3. The number of hydrogen-bond donors (Lipinski definition) is 0. The Morgan fingerprint density at radius 3 is 2.72 bits per heavy atom. The molecule has 1 amide bonds. The number of rotatable bonds is 3. The first-order valence-electron chi connectivity index (χ1n) is 9.80. The Bertz CT molecular complexity index is 1230. The van der Waals surface area contributed by atoms with Crippen molar-refractivity contribution in [1.82, 2.24) is 19.4 Å². The van der Waals surface area contributed by atoms with Gasteiger partial charge in [-0.25, -0.2) is 9.97 Å². The number of aromatic nitrogens is 3. The highest BCUT2D eigenvalue weighted by molar-refractivity contribution is 7.18. The van der Waals surface area contributed by atoms with Crippen molar-refractivity contribution in [3.8, 4) is 0 Å². The molecular formula is C22H20N4O2S. The van der Waals surface area contributed by atoms with Crippen molar-refractivity contribution in [1.29, 1.82) is 0 Å². The van der Waals surface area contributed by atoms with Gasteiger partial charge in [0.25, 0.3) is 5.56 Å². The van der Waals surface area contributed by atoms with E-state index in [-0.39, 0.29) is 24.1 Å². The van der Waals surface area contributed by atoms with Gasteiger partial charge in [0.1, 0.15) is 11.6 Å². The van der Waals surface area contributed by atoms with Crippen LogP contribution in [0, 0.1) is 0 Å². The second kappa shape index (κ2) is 7.40. The van der Waals surface area contributed by atoms with Crippen LogP contribution in [0.1, 0.15) is 30.3 Å². The van der Waals surface area contributed by atoms with E-state index in [2.05, 4.69) is 11.1 Å². The monoisotopic (exact) mass is 404 g/mol. The molecule has 0 N–H and O–H groups in total. The highest BCUT2D eigenvalue weighted by atomic mass is 32.1. The highest BCUT2D eigenvalue weighted by Crippen LogP contribution is 2.35. The third-order valence-corrected chi connectivity index (χ3v) is 6.60. The fourth-order valence-corrected chi connectivity index (χ4v) is 5.14. The topological polar surface area (TPSA) is 68.1 Å². The summed E-state index contributed by atoms with van der Waals surface area (Å²) in [5, 5.41) is 0.978. The minimum atomic E-state index is -0.259. The third kappa shape index (κ3) is 3.31. The lowest BCUT2D eigenvalue weighted by atomic mass is 10.0. The summed E-state index contributed by atoms with van der Waals surface area (Å²) < 4.78 is 2.66. The quantitative estimate of drug-likeness (QED) is 0.521. The highest BCUT2D eigenvalue weighted by Gasteiger charge is 2.30. The second-order valence-electron chi connectivity index (χ2n) is 7.29. The minimum Gasteiger partial charge on any atom is -0.332 e. The molecule has 2 aromatic heterocycles. The average molecular weight is 404 g/mol. The van der Waals surface area contributed by atoms with Gasteiger partial charge in [0.15, 0.2) is 0 Å². The predicted molar refractivity (Wildman–Crippen MR) is 114 cm³/mol. The summed E-state index contributed by atoms with van der Waals surface area (Å²) >= 11 is 1.65. The molecule has 1 aliphatic rings. The first-order valence-corrected chi connectivity index (χ1v) is 10.6. The number of fused-ring (bicyclic) bond motifs is 2. The first-order chi connectivity index (χ1) is 14.2. The normalized spacial score (nSPS) is 17.1. The maximum atomic E-state index is 13.3. The van der Waals surface area contributed by atoms with Crippen molar-refractivity contribution in [2.24, 2.45) is 0 Å². The van der Waals surface area contributed by atoms with Gasteiger partial charge in [0, 0.05) is 6.54 Å². The molecule has 6 nitrogen and oxygen atoms in total. The van der Waals surface area contributed by atoms with E-state index < -0.39 is 0 Å². The molecule has 1 aliphatic heterocycles. The number of carbonyl (C=O) groups excluding carboxylic acids is 1. The van der Waals surface area contributed by atoms with Gasteiger partial charge in [-0.1, -0.05) is 24.3 Å². The van der Waals surface area contributed by atoms with Crippen LogP contribution in [0.15, 0.2) is 59.5 Å². The molecule has 7 heteroatoms. The number of amides is 1. The smallest absolute Gasteiger partial charge is 0.269 e. The van der Waals surface area contributed by atoms with Crippen LogP contribution >= 0.6 is 11.3 Å². The number of nitrogens with zero attached hydrogens (tertiary/aromatic N) is 4. The fraction of sp³-hybridized carbons (Fsp3) is 0.273. The van der Waals surface area contributed by atoms with Crippen LogP contribution < -0.4 is 5.56 Å². The van der Waals surface area contributed by atoms with Gasteiger partial charge in [0.2, 0.25) is 5.91 Å². The van der Waals surface area contributed by atoms with Crippen molar-refractivity contribution in [2.45, 2.75) is 31.8 Å². The van der Waals surface area contributed by atoms with Crippen molar-refractivity contribution in [2.75, 3.05) is 6.54 Å². The van der Waals surface area contributed by atoms with Crippen LogP contribution in [0.2, 0.25) is 0 Å². The first kappa shape index (κ1) is 18.0. The van der Waals surface area contributed by atoms with Crippen LogP contribution in [0.25, 0.3) is 21.3 Å². The molecule has 0 unspecified atom stereocenters. The molecule has 5 rings (SSSR count). The molecule has 0 bridgehead atoms. The van der Waals surface area contributed by atoms with Crippen molar-refractivity contribution in [3.63, 3.8) is 0 Å². The van der Waals surface area contributed by atoms with Gasteiger partial charge in [0.05, 0.1) is 33.5 Å². The molecule has 0 saturated carbocycles. The Labute approximate surface area is 171 Å². The van der Waals surface area contributed by atoms with Crippen LogP contribution in [-0.4, -0.2) is 31.9 Å². The predicted octanol–water partition coefficient (Wildman–Crippen LogP) is 3.76.